The normalized spacial score (nSPS) is 26.2. The number of rotatable bonds is 3. The second-order valence-electron chi connectivity index (χ2n) is 7.24. The second kappa shape index (κ2) is 6.26. The molecule has 0 unspecified atom stereocenters. The lowest BCUT2D eigenvalue weighted by Crippen LogP contribution is -2.34. The van der Waals surface area contributed by atoms with Crippen molar-refractivity contribution in [1.82, 2.24) is 19.4 Å². The standard InChI is InChI=1S/C19H23FN4O/c1-13(25)24-10-15-9-23(12-18-21-6-7-22(18)2)11-17(15)19(24)14-4-3-5-16(20)8-14/h3-8,15,17,19H,9-12H2,1-2H3/t15-,17-,19-/m1/s1. The Morgan fingerprint density at radius 3 is 2.84 bits per heavy atom. The number of carbonyl (C=O) groups is 1. The van der Waals surface area contributed by atoms with Gasteiger partial charge in [-0.1, -0.05) is 12.1 Å². The summed E-state index contributed by atoms with van der Waals surface area (Å²) in [6.45, 7) is 5.03. The van der Waals surface area contributed by atoms with Crippen LogP contribution in [0.25, 0.3) is 0 Å². The molecule has 2 aliphatic heterocycles. The summed E-state index contributed by atoms with van der Waals surface area (Å²) in [5.41, 5.74) is 0.904. The van der Waals surface area contributed by atoms with Crippen molar-refractivity contribution in [2.75, 3.05) is 19.6 Å². The molecule has 3 atom stereocenters. The Balaban J connectivity index is 1.57. The van der Waals surface area contributed by atoms with Gasteiger partial charge < -0.3 is 9.47 Å². The van der Waals surface area contributed by atoms with E-state index in [0.29, 0.717) is 11.8 Å². The van der Waals surface area contributed by atoms with Crippen molar-refractivity contribution < 1.29 is 9.18 Å². The van der Waals surface area contributed by atoms with Crippen LogP contribution in [-0.4, -0.2) is 44.9 Å². The Hall–Kier alpha value is -2.21. The molecule has 132 valence electrons. The van der Waals surface area contributed by atoms with Gasteiger partial charge in [0, 0.05) is 51.9 Å². The number of imidazole rings is 1. The fourth-order valence-electron chi connectivity index (χ4n) is 4.46. The molecule has 0 radical (unpaired) electrons. The van der Waals surface area contributed by atoms with E-state index in [1.165, 1.54) is 6.07 Å². The molecule has 0 aliphatic carbocycles. The van der Waals surface area contributed by atoms with E-state index in [1.54, 1.807) is 19.1 Å². The minimum atomic E-state index is -0.243. The first-order chi connectivity index (χ1) is 12.0. The number of nitrogens with zero attached hydrogens (tertiary/aromatic N) is 4. The Morgan fingerprint density at radius 2 is 2.16 bits per heavy atom. The number of carbonyl (C=O) groups excluding carboxylic acids is 1. The van der Waals surface area contributed by atoms with Crippen LogP contribution in [0.5, 0.6) is 0 Å². The number of amides is 1. The molecule has 25 heavy (non-hydrogen) atoms. The van der Waals surface area contributed by atoms with Crippen LogP contribution in [0, 0.1) is 17.7 Å². The summed E-state index contributed by atoms with van der Waals surface area (Å²) in [5, 5.41) is 0. The molecule has 2 aliphatic rings. The molecule has 2 aromatic rings. The minimum Gasteiger partial charge on any atom is -0.337 e. The van der Waals surface area contributed by atoms with E-state index in [0.717, 1.165) is 37.6 Å². The zero-order valence-electron chi connectivity index (χ0n) is 14.6. The van der Waals surface area contributed by atoms with E-state index in [9.17, 15) is 9.18 Å². The number of benzene rings is 1. The zero-order valence-corrected chi connectivity index (χ0v) is 14.6. The number of aromatic nitrogens is 2. The minimum absolute atomic E-state index is 0.0374. The molecule has 0 saturated carbocycles. The molecule has 4 rings (SSSR count). The Morgan fingerprint density at radius 1 is 1.32 bits per heavy atom. The Labute approximate surface area is 147 Å². The Bertz CT molecular complexity index is 789. The summed E-state index contributed by atoms with van der Waals surface area (Å²) in [7, 11) is 2.01. The molecular formula is C19H23FN4O. The van der Waals surface area contributed by atoms with Gasteiger partial charge in [0.1, 0.15) is 11.6 Å². The predicted octanol–water partition coefficient (Wildman–Crippen LogP) is 2.21. The van der Waals surface area contributed by atoms with Gasteiger partial charge >= 0.3 is 0 Å². The average molecular weight is 342 g/mol. The third-order valence-corrected chi connectivity index (χ3v) is 5.62. The molecule has 3 heterocycles. The summed E-state index contributed by atoms with van der Waals surface area (Å²) >= 11 is 0. The second-order valence-corrected chi connectivity index (χ2v) is 7.24. The average Bonchev–Trinajstić information content (AvgIpc) is 3.22. The van der Waals surface area contributed by atoms with Crippen LogP contribution >= 0.6 is 0 Å². The monoisotopic (exact) mass is 342 g/mol. The number of fused-ring (bicyclic) bond motifs is 1. The number of hydrogen-bond acceptors (Lipinski definition) is 3. The number of hydrogen-bond donors (Lipinski definition) is 0. The highest BCUT2D eigenvalue weighted by Gasteiger charge is 2.48. The number of likely N-dealkylation sites (tertiary alicyclic amines) is 2. The van der Waals surface area contributed by atoms with Gasteiger partial charge in [-0.15, -0.1) is 0 Å². The number of aryl methyl sites for hydroxylation is 1. The molecule has 1 aromatic carbocycles. The molecular weight excluding hydrogens is 319 g/mol. The maximum atomic E-state index is 13.7. The van der Waals surface area contributed by atoms with E-state index in [-0.39, 0.29) is 17.8 Å². The summed E-state index contributed by atoms with van der Waals surface area (Å²) in [6, 6.07) is 6.66. The van der Waals surface area contributed by atoms with Gasteiger partial charge in [-0.2, -0.15) is 0 Å². The maximum absolute atomic E-state index is 13.7. The summed E-state index contributed by atoms with van der Waals surface area (Å²) in [4.78, 5) is 20.9. The van der Waals surface area contributed by atoms with Crippen LogP contribution in [0.15, 0.2) is 36.7 Å². The third-order valence-electron chi connectivity index (χ3n) is 5.62. The maximum Gasteiger partial charge on any atom is 0.219 e. The van der Waals surface area contributed by atoms with Crippen molar-refractivity contribution in [1.29, 1.82) is 0 Å². The Kier molecular flexibility index (Phi) is 4.07. The summed E-state index contributed by atoms with van der Waals surface area (Å²) < 4.78 is 15.8. The number of halogens is 1. The largest absolute Gasteiger partial charge is 0.337 e. The molecule has 1 amide bonds. The van der Waals surface area contributed by atoms with Gasteiger partial charge in [0.2, 0.25) is 5.91 Å². The van der Waals surface area contributed by atoms with E-state index < -0.39 is 0 Å². The highest BCUT2D eigenvalue weighted by Crippen LogP contribution is 2.45. The smallest absolute Gasteiger partial charge is 0.219 e. The molecule has 1 aromatic heterocycles. The fourth-order valence-corrected chi connectivity index (χ4v) is 4.46. The van der Waals surface area contributed by atoms with Gasteiger partial charge in [-0.3, -0.25) is 9.69 Å². The van der Waals surface area contributed by atoms with Crippen LogP contribution < -0.4 is 0 Å². The van der Waals surface area contributed by atoms with E-state index in [4.69, 9.17) is 0 Å². The summed E-state index contributed by atoms with van der Waals surface area (Å²) in [5.74, 6) is 1.64. The van der Waals surface area contributed by atoms with Crippen molar-refractivity contribution in [3.8, 4) is 0 Å². The van der Waals surface area contributed by atoms with Gasteiger partial charge in [-0.25, -0.2) is 9.37 Å². The lowest BCUT2D eigenvalue weighted by molar-refractivity contribution is -0.130. The predicted molar refractivity (Wildman–Crippen MR) is 92.0 cm³/mol. The molecule has 0 spiro atoms. The molecule has 5 nitrogen and oxygen atoms in total. The van der Waals surface area contributed by atoms with Crippen LogP contribution in [0.1, 0.15) is 24.4 Å². The highest BCUT2D eigenvalue weighted by molar-refractivity contribution is 5.74. The highest BCUT2D eigenvalue weighted by atomic mass is 19.1. The molecule has 0 N–H and O–H groups in total. The van der Waals surface area contributed by atoms with Crippen molar-refractivity contribution >= 4 is 5.91 Å². The first-order valence-corrected chi connectivity index (χ1v) is 8.74. The molecule has 0 bridgehead atoms. The van der Waals surface area contributed by atoms with Crippen LogP contribution in [0.4, 0.5) is 4.39 Å². The van der Waals surface area contributed by atoms with Gasteiger partial charge in [-0.05, 0) is 23.6 Å². The molecule has 2 saturated heterocycles. The first-order valence-electron chi connectivity index (χ1n) is 8.74. The first kappa shape index (κ1) is 16.3. The van der Waals surface area contributed by atoms with Crippen molar-refractivity contribution in [2.45, 2.75) is 19.5 Å². The lowest BCUT2D eigenvalue weighted by atomic mass is 9.89. The van der Waals surface area contributed by atoms with Crippen molar-refractivity contribution in [2.24, 2.45) is 18.9 Å². The molecule has 6 heteroatoms. The third kappa shape index (κ3) is 2.95. The van der Waals surface area contributed by atoms with Gasteiger partial charge in [0.15, 0.2) is 0 Å². The van der Waals surface area contributed by atoms with Crippen LogP contribution in [0.2, 0.25) is 0 Å². The van der Waals surface area contributed by atoms with Crippen molar-refractivity contribution in [3.05, 3.63) is 53.9 Å². The van der Waals surface area contributed by atoms with Gasteiger partial charge in [0.25, 0.3) is 0 Å². The quantitative estimate of drug-likeness (QED) is 0.859. The van der Waals surface area contributed by atoms with Crippen molar-refractivity contribution in [3.63, 3.8) is 0 Å². The van der Waals surface area contributed by atoms with Crippen LogP contribution in [-0.2, 0) is 18.4 Å². The van der Waals surface area contributed by atoms with Gasteiger partial charge in [0.05, 0.1) is 12.6 Å². The zero-order chi connectivity index (χ0) is 17.6. The fraction of sp³-hybridized carbons (Fsp3) is 0.474. The topological polar surface area (TPSA) is 41.4 Å². The SMILES string of the molecule is CC(=O)N1C[C@H]2CN(Cc3nccn3C)C[C@H]2[C@H]1c1cccc(F)c1. The lowest BCUT2D eigenvalue weighted by Gasteiger charge is -2.29. The molecule has 2 fully saturated rings. The summed E-state index contributed by atoms with van der Waals surface area (Å²) in [6.07, 6.45) is 3.78. The van der Waals surface area contributed by atoms with E-state index >= 15 is 0 Å². The van der Waals surface area contributed by atoms with E-state index in [1.807, 2.05) is 35.0 Å². The van der Waals surface area contributed by atoms with Crippen LogP contribution in [0.3, 0.4) is 0 Å². The van der Waals surface area contributed by atoms with E-state index in [2.05, 4.69) is 9.88 Å².